The molecule has 120 valence electrons. The fourth-order valence-electron chi connectivity index (χ4n) is 1.79. The van der Waals surface area contributed by atoms with Crippen molar-refractivity contribution in [2.24, 2.45) is 5.92 Å². The topological polar surface area (TPSA) is 65.4 Å². The van der Waals surface area contributed by atoms with Crippen molar-refractivity contribution < 1.29 is 9.53 Å². The van der Waals surface area contributed by atoms with Crippen LogP contribution < -0.4 is 10.1 Å². The fraction of sp³-hybridized carbons (Fsp3) is 0.529. The van der Waals surface area contributed by atoms with E-state index < -0.39 is 5.54 Å². The summed E-state index contributed by atoms with van der Waals surface area (Å²) in [7, 11) is 1.85. The van der Waals surface area contributed by atoms with E-state index in [0.717, 1.165) is 5.75 Å². The van der Waals surface area contributed by atoms with Crippen LogP contribution in [0.4, 0.5) is 0 Å². The van der Waals surface area contributed by atoms with Gasteiger partial charge in [0.25, 0.3) is 0 Å². The molecular weight excluding hydrogens is 278 g/mol. The van der Waals surface area contributed by atoms with Gasteiger partial charge in [-0.25, -0.2) is 0 Å². The van der Waals surface area contributed by atoms with E-state index in [2.05, 4.69) is 11.4 Å². The second kappa shape index (κ2) is 8.40. The van der Waals surface area contributed by atoms with E-state index in [1.54, 1.807) is 6.92 Å². The van der Waals surface area contributed by atoms with Gasteiger partial charge < -0.3 is 10.1 Å². The maximum absolute atomic E-state index is 12.0. The first-order valence-electron chi connectivity index (χ1n) is 7.46. The minimum absolute atomic E-state index is 0.0492. The largest absolute Gasteiger partial charge is 0.492 e. The lowest BCUT2D eigenvalue weighted by molar-refractivity contribution is -0.123. The number of amides is 1. The van der Waals surface area contributed by atoms with Gasteiger partial charge in [0.1, 0.15) is 17.9 Å². The van der Waals surface area contributed by atoms with Crippen molar-refractivity contribution in [2.45, 2.75) is 26.3 Å². The third kappa shape index (κ3) is 5.74. The molecule has 0 aliphatic rings. The summed E-state index contributed by atoms with van der Waals surface area (Å²) in [5.41, 5.74) is -0.835. The van der Waals surface area contributed by atoms with Gasteiger partial charge in [-0.15, -0.1) is 0 Å². The SMILES string of the molecule is CC(C)[C@@](C)(C#N)NC(=O)CN(C)CCOc1ccccc1. The number of rotatable bonds is 8. The van der Waals surface area contributed by atoms with E-state index in [9.17, 15) is 10.1 Å². The van der Waals surface area contributed by atoms with Gasteiger partial charge in [0.15, 0.2) is 0 Å². The zero-order valence-electron chi connectivity index (χ0n) is 13.8. The van der Waals surface area contributed by atoms with Crippen molar-refractivity contribution >= 4 is 5.91 Å². The van der Waals surface area contributed by atoms with Crippen molar-refractivity contribution in [1.29, 1.82) is 5.26 Å². The summed E-state index contributed by atoms with van der Waals surface area (Å²) in [4.78, 5) is 13.9. The standard InChI is InChI=1S/C17H25N3O2/c1-14(2)17(3,13-18)19-16(21)12-20(4)10-11-22-15-8-6-5-7-9-15/h5-9,14H,10-12H2,1-4H3,(H,19,21)/t17-/m1/s1. The van der Waals surface area contributed by atoms with Crippen LogP contribution in [0.25, 0.3) is 0 Å². The predicted molar refractivity (Wildman–Crippen MR) is 86.4 cm³/mol. The zero-order chi connectivity index (χ0) is 16.6. The molecule has 1 atom stereocenters. The summed E-state index contributed by atoms with van der Waals surface area (Å²) < 4.78 is 5.59. The molecule has 1 aromatic rings. The van der Waals surface area contributed by atoms with Crippen LogP contribution in [0.2, 0.25) is 0 Å². The summed E-state index contributed by atoms with van der Waals surface area (Å²) in [5.74, 6) is 0.713. The summed E-state index contributed by atoms with van der Waals surface area (Å²) in [6.07, 6.45) is 0. The molecule has 0 saturated carbocycles. The molecule has 1 rings (SSSR count). The summed E-state index contributed by atoms with van der Waals surface area (Å²) >= 11 is 0. The molecular formula is C17H25N3O2. The maximum atomic E-state index is 12.0. The van der Waals surface area contributed by atoms with E-state index in [0.29, 0.717) is 13.2 Å². The highest BCUT2D eigenvalue weighted by Gasteiger charge is 2.30. The van der Waals surface area contributed by atoms with Crippen LogP contribution >= 0.6 is 0 Å². The maximum Gasteiger partial charge on any atom is 0.235 e. The van der Waals surface area contributed by atoms with Gasteiger partial charge >= 0.3 is 0 Å². The minimum atomic E-state index is -0.835. The lowest BCUT2D eigenvalue weighted by Gasteiger charge is -2.28. The Bertz CT molecular complexity index is 510. The van der Waals surface area contributed by atoms with Crippen molar-refractivity contribution in [1.82, 2.24) is 10.2 Å². The van der Waals surface area contributed by atoms with Gasteiger partial charge in [-0.1, -0.05) is 32.0 Å². The molecule has 0 saturated heterocycles. The van der Waals surface area contributed by atoms with Gasteiger partial charge in [-0.2, -0.15) is 5.26 Å². The van der Waals surface area contributed by atoms with Crippen molar-refractivity contribution in [3.63, 3.8) is 0 Å². The zero-order valence-corrected chi connectivity index (χ0v) is 13.8. The number of hydrogen-bond acceptors (Lipinski definition) is 4. The Morgan fingerprint density at radius 2 is 2.05 bits per heavy atom. The highest BCUT2D eigenvalue weighted by molar-refractivity contribution is 5.79. The van der Waals surface area contributed by atoms with E-state index in [4.69, 9.17) is 4.74 Å². The number of carbonyl (C=O) groups is 1. The molecule has 1 amide bonds. The molecule has 0 aliphatic heterocycles. The Morgan fingerprint density at radius 1 is 1.41 bits per heavy atom. The molecule has 0 fully saturated rings. The average molecular weight is 303 g/mol. The number of nitriles is 1. The number of para-hydroxylation sites is 1. The molecule has 1 aromatic carbocycles. The van der Waals surface area contributed by atoms with Crippen molar-refractivity contribution in [3.8, 4) is 11.8 Å². The van der Waals surface area contributed by atoms with Crippen LogP contribution in [0.5, 0.6) is 5.75 Å². The van der Waals surface area contributed by atoms with Gasteiger partial charge in [-0.3, -0.25) is 9.69 Å². The van der Waals surface area contributed by atoms with E-state index in [1.807, 2.05) is 56.1 Å². The Kier molecular flexibility index (Phi) is 6.87. The molecule has 0 unspecified atom stereocenters. The summed E-state index contributed by atoms with van der Waals surface area (Å²) in [6.45, 7) is 6.96. The molecule has 0 bridgehead atoms. The highest BCUT2D eigenvalue weighted by atomic mass is 16.5. The first-order chi connectivity index (χ1) is 10.4. The first kappa shape index (κ1) is 18.0. The number of carbonyl (C=O) groups excluding carboxylic acids is 1. The number of likely N-dealkylation sites (N-methyl/N-ethyl adjacent to an activating group) is 1. The van der Waals surface area contributed by atoms with E-state index in [1.165, 1.54) is 0 Å². The van der Waals surface area contributed by atoms with Crippen LogP contribution in [0.15, 0.2) is 30.3 Å². The molecule has 22 heavy (non-hydrogen) atoms. The summed E-state index contributed by atoms with van der Waals surface area (Å²) in [6, 6.07) is 11.7. The van der Waals surface area contributed by atoms with Crippen LogP contribution in [0.1, 0.15) is 20.8 Å². The van der Waals surface area contributed by atoms with Crippen LogP contribution in [-0.4, -0.2) is 43.1 Å². The number of nitrogens with zero attached hydrogens (tertiary/aromatic N) is 2. The lowest BCUT2D eigenvalue weighted by atomic mass is 9.90. The Labute approximate surface area is 132 Å². The van der Waals surface area contributed by atoms with E-state index in [-0.39, 0.29) is 18.4 Å². The third-order valence-corrected chi connectivity index (χ3v) is 3.68. The van der Waals surface area contributed by atoms with Crippen LogP contribution in [-0.2, 0) is 4.79 Å². The molecule has 5 nitrogen and oxygen atoms in total. The number of ether oxygens (including phenoxy) is 1. The molecule has 0 heterocycles. The summed E-state index contributed by atoms with van der Waals surface area (Å²) in [5, 5.41) is 12.0. The third-order valence-electron chi connectivity index (χ3n) is 3.68. The monoisotopic (exact) mass is 303 g/mol. The van der Waals surface area contributed by atoms with Gasteiger partial charge in [0.05, 0.1) is 12.6 Å². The fourth-order valence-corrected chi connectivity index (χ4v) is 1.79. The van der Waals surface area contributed by atoms with Crippen molar-refractivity contribution in [2.75, 3.05) is 26.7 Å². The Balaban J connectivity index is 2.34. The predicted octanol–water partition coefficient (Wildman–Crippen LogP) is 2.05. The van der Waals surface area contributed by atoms with Crippen LogP contribution in [0.3, 0.4) is 0 Å². The van der Waals surface area contributed by atoms with Crippen LogP contribution in [0, 0.1) is 17.2 Å². The lowest BCUT2D eigenvalue weighted by Crippen LogP contribution is -2.51. The minimum Gasteiger partial charge on any atom is -0.492 e. The number of nitrogens with one attached hydrogen (secondary N) is 1. The normalized spacial score (nSPS) is 13.5. The number of benzene rings is 1. The molecule has 0 aromatic heterocycles. The molecule has 1 N–H and O–H groups in total. The Morgan fingerprint density at radius 3 is 2.59 bits per heavy atom. The van der Waals surface area contributed by atoms with E-state index >= 15 is 0 Å². The van der Waals surface area contributed by atoms with Gasteiger partial charge in [0, 0.05) is 6.54 Å². The number of hydrogen-bond donors (Lipinski definition) is 1. The van der Waals surface area contributed by atoms with Gasteiger partial charge in [0.2, 0.25) is 5.91 Å². The van der Waals surface area contributed by atoms with Gasteiger partial charge in [-0.05, 0) is 32.0 Å². The highest BCUT2D eigenvalue weighted by Crippen LogP contribution is 2.14. The second-order valence-electron chi connectivity index (χ2n) is 5.92. The smallest absolute Gasteiger partial charge is 0.235 e. The second-order valence-corrected chi connectivity index (χ2v) is 5.92. The molecule has 0 radical (unpaired) electrons. The molecule has 0 spiro atoms. The molecule has 5 heteroatoms. The average Bonchev–Trinajstić information content (AvgIpc) is 2.47. The Hall–Kier alpha value is -2.06. The molecule has 0 aliphatic carbocycles. The first-order valence-corrected chi connectivity index (χ1v) is 7.46. The quantitative estimate of drug-likeness (QED) is 0.798. The van der Waals surface area contributed by atoms with Crippen molar-refractivity contribution in [3.05, 3.63) is 30.3 Å².